The van der Waals surface area contributed by atoms with E-state index in [0.29, 0.717) is 36.1 Å². The molecule has 0 spiro atoms. The van der Waals surface area contributed by atoms with Gasteiger partial charge in [0.1, 0.15) is 0 Å². The van der Waals surface area contributed by atoms with Gasteiger partial charge in [0.2, 0.25) is 0 Å². The van der Waals surface area contributed by atoms with Gasteiger partial charge in [-0.25, -0.2) is 0 Å². The number of hydrogen-bond donors (Lipinski definition) is 2. The first-order chi connectivity index (χ1) is 9.43. The minimum atomic E-state index is -0.132. The number of aliphatic hydroxyl groups excluding tert-OH is 1. The zero-order chi connectivity index (χ0) is 15.2. The minimum Gasteiger partial charge on any atom is -0.493 e. The van der Waals surface area contributed by atoms with E-state index in [1.807, 2.05) is 19.1 Å². The topological polar surface area (TPSA) is 50.7 Å². The van der Waals surface area contributed by atoms with Gasteiger partial charge in [0.05, 0.1) is 18.7 Å². The van der Waals surface area contributed by atoms with Crippen molar-refractivity contribution in [3.05, 3.63) is 22.7 Å². The first-order valence-electron chi connectivity index (χ1n) is 6.78. The van der Waals surface area contributed by atoms with Crippen LogP contribution in [0.1, 0.15) is 32.8 Å². The van der Waals surface area contributed by atoms with E-state index in [1.165, 1.54) is 0 Å². The van der Waals surface area contributed by atoms with Crippen molar-refractivity contribution in [2.24, 2.45) is 0 Å². The summed E-state index contributed by atoms with van der Waals surface area (Å²) in [5.41, 5.74) is 0.883. The fraction of sp³-hybridized carbons (Fsp3) is 0.600. The Morgan fingerprint density at radius 1 is 1.35 bits per heavy atom. The van der Waals surface area contributed by atoms with Crippen LogP contribution in [0.2, 0.25) is 5.02 Å². The summed E-state index contributed by atoms with van der Waals surface area (Å²) in [6.07, 6.45) is 0.689. The summed E-state index contributed by atoms with van der Waals surface area (Å²) < 4.78 is 10.8. The van der Waals surface area contributed by atoms with E-state index in [1.54, 1.807) is 7.11 Å². The maximum absolute atomic E-state index is 9.02. The zero-order valence-electron chi connectivity index (χ0n) is 12.6. The maximum atomic E-state index is 9.02. The summed E-state index contributed by atoms with van der Waals surface area (Å²) in [5, 5.41) is 13.0. The standard InChI is InChI=1S/C15H24ClNO3/c1-5-20-14-12(16)8-11(9-13(14)19-4)10-17-15(2,3)6-7-18/h8-9,17-18H,5-7,10H2,1-4H3. The second-order valence-corrected chi connectivity index (χ2v) is 5.66. The molecule has 2 N–H and O–H groups in total. The monoisotopic (exact) mass is 301 g/mol. The number of hydrogen-bond acceptors (Lipinski definition) is 4. The Kier molecular flexibility index (Phi) is 6.59. The highest BCUT2D eigenvalue weighted by molar-refractivity contribution is 6.32. The SMILES string of the molecule is CCOc1c(Cl)cc(CNC(C)(C)CCO)cc1OC. The van der Waals surface area contributed by atoms with Crippen LogP contribution in [-0.4, -0.2) is 31.0 Å². The van der Waals surface area contributed by atoms with Crippen molar-refractivity contribution in [2.45, 2.75) is 39.3 Å². The molecule has 1 rings (SSSR count). The first-order valence-corrected chi connectivity index (χ1v) is 7.16. The van der Waals surface area contributed by atoms with Crippen LogP contribution >= 0.6 is 11.6 Å². The van der Waals surface area contributed by atoms with Crippen LogP contribution in [0, 0.1) is 0 Å². The predicted molar refractivity (Wildman–Crippen MR) is 81.8 cm³/mol. The van der Waals surface area contributed by atoms with Crippen LogP contribution in [-0.2, 0) is 6.54 Å². The summed E-state index contributed by atoms with van der Waals surface area (Å²) in [7, 11) is 1.60. The normalized spacial score (nSPS) is 11.5. The fourth-order valence-corrected chi connectivity index (χ4v) is 2.16. The van der Waals surface area contributed by atoms with Crippen molar-refractivity contribution in [1.29, 1.82) is 0 Å². The molecule has 0 amide bonds. The molecule has 0 heterocycles. The maximum Gasteiger partial charge on any atom is 0.179 e. The molecule has 1 aromatic rings. The van der Waals surface area contributed by atoms with Crippen LogP contribution in [0.4, 0.5) is 0 Å². The van der Waals surface area contributed by atoms with Gasteiger partial charge in [0.25, 0.3) is 0 Å². The van der Waals surface area contributed by atoms with Gasteiger partial charge < -0.3 is 19.9 Å². The molecule has 1 aromatic carbocycles. The second-order valence-electron chi connectivity index (χ2n) is 5.25. The number of methoxy groups -OCH3 is 1. The largest absolute Gasteiger partial charge is 0.493 e. The van der Waals surface area contributed by atoms with Crippen molar-refractivity contribution in [2.75, 3.05) is 20.3 Å². The van der Waals surface area contributed by atoms with E-state index in [2.05, 4.69) is 19.2 Å². The smallest absolute Gasteiger partial charge is 0.179 e. The summed E-state index contributed by atoms with van der Waals surface area (Å²) in [6, 6.07) is 3.79. The van der Waals surface area contributed by atoms with Crippen LogP contribution in [0.5, 0.6) is 11.5 Å². The molecule has 0 radical (unpaired) electrons. The Morgan fingerprint density at radius 3 is 2.60 bits per heavy atom. The van der Waals surface area contributed by atoms with Gasteiger partial charge in [0.15, 0.2) is 11.5 Å². The number of nitrogens with one attached hydrogen (secondary N) is 1. The molecule has 114 valence electrons. The third-order valence-electron chi connectivity index (χ3n) is 3.09. The molecule has 0 saturated heterocycles. The Hall–Kier alpha value is -0.970. The van der Waals surface area contributed by atoms with E-state index in [9.17, 15) is 0 Å². The van der Waals surface area contributed by atoms with E-state index in [0.717, 1.165) is 5.56 Å². The lowest BCUT2D eigenvalue weighted by molar-refractivity contribution is 0.230. The quantitative estimate of drug-likeness (QED) is 0.775. The molecule has 4 nitrogen and oxygen atoms in total. The summed E-state index contributed by atoms with van der Waals surface area (Å²) in [5.74, 6) is 1.21. The van der Waals surface area contributed by atoms with Crippen molar-refractivity contribution in [3.63, 3.8) is 0 Å². The molecule has 0 saturated carbocycles. The lowest BCUT2D eigenvalue weighted by Crippen LogP contribution is -2.39. The first kappa shape index (κ1) is 17.1. The average molecular weight is 302 g/mol. The highest BCUT2D eigenvalue weighted by atomic mass is 35.5. The molecule has 0 unspecified atom stereocenters. The number of aliphatic hydroxyl groups is 1. The van der Waals surface area contributed by atoms with Gasteiger partial charge in [-0.2, -0.15) is 0 Å². The van der Waals surface area contributed by atoms with Gasteiger partial charge in [0, 0.05) is 18.7 Å². The molecule has 0 aromatic heterocycles. The van der Waals surface area contributed by atoms with Crippen LogP contribution in [0.3, 0.4) is 0 Å². The Labute approximate surface area is 126 Å². The molecular weight excluding hydrogens is 278 g/mol. The van der Waals surface area contributed by atoms with E-state index in [4.69, 9.17) is 26.2 Å². The van der Waals surface area contributed by atoms with Gasteiger partial charge in [-0.05, 0) is 44.9 Å². The number of benzene rings is 1. The lowest BCUT2D eigenvalue weighted by Gasteiger charge is -2.25. The highest BCUT2D eigenvalue weighted by Gasteiger charge is 2.17. The van der Waals surface area contributed by atoms with Gasteiger partial charge in [-0.15, -0.1) is 0 Å². The number of rotatable bonds is 8. The summed E-state index contributed by atoms with van der Waals surface area (Å²) in [4.78, 5) is 0. The molecule has 0 fully saturated rings. The molecule has 0 atom stereocenters. The molecule has 0 aliphatic heterocycles. The van der Waals surface area contributed by atoms with Gasteiger partial charge in [-0.3, -0.25) is 0 Å². The van der Waals surface area contributed by atoms with Crippen LogP contribution in [0.25, 0.3) is 0 Å². The molecule has 0 aliphatic carbocycles. The molecule has 5 heteroatoms. The lowest BCUT2D eigenvalue weighted by atomic mass is 10.0. The zero-order valence-corrected chi connectivity index (χ0v) is 13.4. The van der Waals surface area contributed by atoms with Crippen LogP contribution < -0.4 is 14.8 Å². The number of ether oxygens (including phenoxy) is 2. The van der Waals surface area contributed by atoms with E-state index in [-0.39, 0.29) is 12.1 Å². The minimum absolute atomic E-state index is 0.132. The summed E-state index contributed by atoms with van der Waals surface area (Å²) in [6.45, 7) is 7.36. The van der Waals surface area contributed by atoms with Crippen molar-refractivity contribution in [1.82, 2.24) is 5.32 Å². The van der Waals surface area contributed by atoms with E-state index < -0.39 is 0 Å². The Bertz CT molecular complexity index is 435. The van der Waals surface area contributed by atoms with Crippen molar-refractivity contribution >= 4 is 11.6 Å². The fourth-order valence-electron chi connectivity index (χ4n) is 1.87. The molecule has 0 bridgehead atoms. The van der Waals surface area contributed by atoms with Crippen molar-refractivity contribution < 1.29 is 14.6 Å². The Balaban J connectivity index is 2.84. The Morgan fingerprint density at radius 2 is 2.05 bits per heavy atom. The predicted octanol–water partition coefficient (Wildman–Crippen LogP) is 3.00. The molecule has 20 heavy (non-hydrogen) atoms. The van der Waals surface area contributed by atoms with Gasteiger partial charge >= 0.3 is 0 Å². The summed E-state index contributed by atoms with van der Waals surface area (Å²) >= 11 is 6.23. The second kappa shape index (κ2) is 7.72. The highest BCUT2D eigenvalue weighted by Crippen LogP contribution is 2.36. The van der Waals surface area contributed by atoms with Crippen LogP contribution in [0.15, 0.2) is 12.1 Å². The third kappa shape index (κ3) is 4.85. The molecule has 0 aliphatic rings. The molecular formula is C15H24ClNO3. The third-order valence-corrected chi connectivity index (χ3v) is 3.37. The van der Waals surface area contributed by atoms with Crippen molar-refractivity contribution in [3.8, 4) is 11.5 Å². The van der Waals surface area contributed by atoms with E-state index >= 15 is 0 Å². The van der Waals surface area contributed by atoms with Gasteiger partial charge in [-0.1, -0.05) is 11.6 Å². The number of halogens is 1. The average Bonchev–Trinajstić information content (AvgIpc) is 2.39.